The summed E-state index contributed by atoms with van der Waals surface area (Å²) in [4.78, 5) is 0.704. The summed E-state index contributed by atoms with van der Waals surface area (Å²) in [7, 11) is 1.64. The molecule has 0 N–H and O–H groups in total. The van der Waals surface area contributed by atoms with E-state index in [2.05, 4.69) is 30.8 Å². The van der Waals surface area contributed by atoms with E-state index in [4.69, 9.17) is 4.74 Å². The summed E-state index contributed by atoms with van der Waals surface area (Å²) in [6.45, 7) is 0. The van der Waals surface area contributed by atoms with E-state index in [1.165, 1.54) is 11.3 Å². The van der Waals surface area contributed by atoms with Gasteiger partial charge in [-0.25, -0.2) is 0 Å². The predicted molar refractivity (Wildman–Crippen MR) is 90.4 cm³/mol. The van der Waals surface area contributed by atoms with Crippen LogP contribution in [-0.4, -0.2) is 47.0 Å². The van der Waals surface area contributed by atoms with Gasteiger partial charge >= 0.3 is 0 Å². The minimum Gasteiger partial charge on any atom is -0.497 e. The number of hydrogen-bond acceptors (Lipinski definition) is 8. The van der Waals surface area contributed by atoms with Crippen LogP contribution in [-0.2, 0) is 0 Å². The van der Waals surface area contributed by atoms with Crippen molar-refractivity contribution >= 4 is 21.9 Å². The molecule has 10 heteroatoms. The van der Waals surface area contributed by atoms with E-state index < -0.39 is 0 Å². The third kappa shape index (κ3) is 2.15. The number of fused-ring (bicyclic) bond motifs is 2. The summed E-state index contributed by atoms with van der Waals surface area (Å²) in [6, 6.07) is 11.4. The van der Waals surface area contributed by atoms with E-state index in [1.807, 2.05) is 36.4 Å². The molecule has 0 atom stereocenters. The smallest absolute Gasteiger partial charge is 0.235 e. The van der Waals surface area contributed by atoms with Crippen LogP contribution in [0.25, 0.3) is 32.6 Å². The van der Waals surface area contributed by atoms with Gasteiger partial charge in [-0.1, -0.05) is 11.3 Å². The van der Waals surface area contributed by atoms with Gasteiger partial charge in [-0.2, -0.15) is 14.1 Å². The maximum absolute atomic E-state index is 5.19. The standard InChI is InChI=1S/C15H10N8OS/c1-24-10-6-4-9(5-7-10)12-16-18-15-23(12)19-14(25-15)11-3-2-8-22-13(11)17-20-21-22/h2-8H,1H3. The Morgan fingerprint density at radius 1 is 1.04 bits per heavy atom. The van der Waals surface area contributed by atoms with Gasteiger partial charge in [-0.05, 0) is 46.8 Å². The zero-order valence-corrected chi connectivity index (χ0v) is 13.8. The molecule has 4 aromatic heterocycles. The molecule has 25 heavy (non-hydrogen) atoms. The van der Waals surface area contributed by atoms with Gasteiger partial charge in [0, 0.05) is 11.8 Å². The lowest BCUT2D eigenvalue weighted by atomic mass is 10.2. The minimum atomic E-state index is 0.651. The van der Waals surface area contributed by atoms with Crippen LogP contribution in [0.4, 0.5) is 0 Å². The summed E-state index contributed by atoms with van der Waals surface area (Å²) >= 11 is 1.44. The fourth-order valence-electron chi connectivity index (χ4n) is 2.58. The Bertz CT molecular complexity index is 1190. The van der Waals surface area contributed by atoms with E-state index in [-0.39, 0.29) is 0 Å². The predicted octanol–water partition coefficient (Wildman–Crippen LogP) is 1.97. The highest BCUT2D eigenvalue weighted by Gasteiger charge is 2.17. The molecule has 0 aliphatic heterocycles. The van der Waals surface area contributed by atoms with Gasteiger partial charge in [0.1, 0.15) is 5.75 Å². The monoisotopic (exact) mass is 350 g/mol. The molecule has 0 radical (unpaired) electrons. The second kappa shape index (κ2) is 5.31. The van der Waals surface area contributed by atoms with E-state index in [9.17, 15) is 0 Å². The third-order valence-corrected chi connectivity index (χ3v) is 4.73. The molecule has 0 fully saturated rings. The molecule has 5 aromatic rings. The van der Waals surface area contributed by atoms with Crippen molar-refractivity contribution in [1.29, 1.82) is 0 Å². The molecular formula is C15H10N8OS. The number of aromatic nitrogens is 8. The molecule has 1 aromatic carbocycles. The van der Waals surface area contributed by atoms with Gasteiger partial charge < -0.3 is 4.74 Å². The van der Waals surface area contributed by atoms with Crippen LogP contribution in [0, 0.1) is 0 Å². The zero-order chi connectivity index (χ0) is 16.8. The van der Waals surface area contributed by atoms with E-state index >= 15 is 0 Å². The van der Waals surface area contributed by atoms with E-state index in [0.717, 1.165) is 21.9 Å². The first-order chi connectivity index (χ1) is 12.3. The highest BCUT2D eigenvalue weighted by Crippen LogP contribution is 2.30. The number of tetrazole rings is 1. The van der Waals surface area contributed by atoms with Crippen LogP contribution in [0.5, 0.6) is 5.75 Å². The van der Waals surface area contributed by atoms with Gasteiger partial charge in [0.2, 0.25) is 4.96 Å². The Kier molecular flexibility index (Phi) is 2.97. The number of hydrogen-bond donors (Lipinski definition) is 0. The Balaban J connectivity index is 1.65. The number of benzene rings is 1. The van der Waals surface area contributed by atoms with Crippen LogP contribution in [0.2, 0.25) is 0 Å². The van der Waals surface area contributed by atoms with Gasteiger partial charge in [0.15, 0.2) is 16.5 Å². The number of nitrogens with zero attached hydrogens (tertiary/aromatic N) is 8. The summed E-state index contributed by atoms with van der Waals surface area (Å²) in [5.41, 5.74) is 2.41. The first kappa shape index (κ1) is 14.0. The lowest BCUT2D eigenvalue weighted by molar-refractivity contribution is 0.415. The third-order valence-electron chi connectivity index (χ3n) is 3.79. The molecular weight excluding hydrogens is 340 g/mol. The van der Waals surface area contributed by atoms with Crippen molar-refractivity contribution in [3.05, 3.63) is 42.6 Å². The maximum Gasteiger partial charge on any atom is 0.235 e. The molecule has 0 amide bonds. The normalized spacial score (nSPS) is 11.4. The highest BCUT2D eigenvalue weighted by molar-refractivity contribution is 7.19. The largest absolute Gasteiger partial charge is 0.497 e. The SMILES string of the molecule is COc1ccc(-c2nnc3sc(-c4cccn5nnnc45)nn23)cc1. The summed E-state index contributed by atoms with van der Waals surface area (Å²) < 4.78 is 8.54. The van der Waals surface area contributed by atoms with Gasteiger partial charge in [0.25, 0.3) is 0 Å². The van der Waals surface area contributed by atoms with Crippen LogP contribution in [0.1, 0.15) is 0 Å². The van der Waals surface area contributed by atoms with Crippen molar-refractivity contribution in [3.63, 3.8) is 0 Å². The molecule has 0 unspecified atom stereocenters. The fraction of sp³-hybridized carbons (Fsp3) is 0.0667. The second-order valence-corrected chi connectivity index (χ2v) is 6.18. The molecule has 9 nitrogen and oxygen atoms in total. The summed E-state index contributed by atoms with van der Waals surface area (Å²) in [5, 5.41) is 25.6. The lowest BCUT2D eigenvalue weighted by Gasteiger charge is -2.00. The number of pyridine rings is 1. The highest BCUT2D eigenvalue weighted by atomic mass is 32.1. The van der Waals surface area contributed by atoms with Crippen LogP contribution in [0.15, 0.2) is 42.6 Å². The Morgan fingerprint density at radius 3 is 2.76 bits per heavy atom. The van der Waals surface area contributed by atoms with Crippen molar-refractivity contribution in [2.75, 3.05) is 7.11 Å². The van der Waals surface area contributed by atoms with Crippen molar-refractivity contribution in [1.82, 2.24) is 39.9 Å². The van der Waals surface area contributed by atoms with Crippen LogP contribution in [0.3, 0.4) is 0 Å². The molecule has 0 saturated heterocycles. The molecule has 0 aliphatic carbocycles. The van der Waals surface area contributed by atoms with Gasteiger partial charge in [0.05, 0.1) is 12.7 Å². The average molecular weight is 350 g/mol. The van der Waals surface area contributed by atoms with E-state index in [1.54, 1.807) is 22.3 Å². The van der Waals surface area contributed by atoms with Crippen molar-refractivity contribution in [2.45, 2.75) is 0 Å². The molecule has 5 rings (SSSR count). The Hall–Kier alpha value is -3.40. The molecule has 0 aliphatic rings. The van der Waals surface area contributed by atoms with Crippen LogP contribution >= 0.6 is 11.3 Å². The molecule has 0 saturated carbocycles. The maximum atomic E-state index is 5.19. The molecule has 0 bridgehead atoms. The lowest BCUT2D eigenvalue weighted by Crippen LogP contribution is -1.93. The average Bonchev–Trinajstić information content (AvgIpc) is 3.36. The van der Waals surface area contributed by atoms with E-state index in [0.29, 0.717) is 16.4 Å². The molecule has 0 spiro atoms. The summed E-state index contributed by atoms with van der Waals surface area (Å²) in [5.74, 6) is 1.46. The fourth-order valence-corrected chi connectivity index (χ4v) is 3.44. The van der Waals surface area contributed by atoms with Crippen molar-refractivity contribution in [2.24, 2.45) is 0 Å². The minimum absolute atomic E-state index is 0.651. The van der Waals surface area contributed by atoms with Crippen LogP contribution < -0.4 is 4.74 Å². The van der Waals surface area contributed by atoms with Crippen molar-refractivity contribution < 1.29 is 4.74 Å². The molecule has 4 heterocycles. The first-order valence-electron chi connectivity index (χ1n) is 7.37. The topological polar surface area (TPSA) is 95.4 Å². The Morgan fingerprint density at radius 2 is 1.92 bits per heavy atom. The Labute approximate surface area is 144 Å². The first-order valence-corrected chi connectivity index (χ1v) is 8.19. The molecule has 122 valence electrons. The summed E-state index contributed by atoms with van der Waals surface area (Å²) in [6.07, 6.45) is 1.79. The van der Waals surface area contributed by atoms with Gasteiger partial charge in [-0.15, -0.1) is 15.3 Å². The second-order valence-electron chi connectivity index (χ2n) is 5.22. The van der Waals surface area contributed by atoms with Crippen molar-refractivity contribution in [3.8, 4) is 27.7 Å². The zero-order valence-electron chi connectivity index (χ0n) is 12.9. The number of rotatable bonds is 3. The number of methoxy groups -OCH3 is 1. The van der Waals surface area contributed by atoms with Gasteiger partial charge in [-0.3, -0.25) is 0 Å². The number of ether oxygens (including phenoxy) is 1. The quantitative estimate of drug-likeness (QED) is 0.491.